The summed E-state index contributed by atoms with van der Waals surface area (Å²) >= 11 is 0. The van der Waals surface area contributed by atoms with Crippen molar-refractivity contribution in [1.82, 2.24) is 15.1 Å². The maximum Gasteiger partial charge on any atom is 0.433 e. The van der Waals surface area contributed by atoms with E-state index in [1.54, 1.807) is 0 Å². The number of carbonyl (C=O) groups is 1. The highest BCUT2D eigenvalue weighted by molar-refractivity contribution is 5.95. The van der Waals surface area contributed by atoms with E-state index in [4.69, 9.17) is 0 Å². The number of aliphatic hydroxyl groups is 1. The lowest BCUT2D eigenvalue weighted by molar-refractivity contribution is -0.142. The molecule has 3 rings (SSSR count). The molecule has 2 atom stereocenters. The van der Waals surface area contributed by atoms with E-state index in [1.807, 2.05) is 0 Å². The normalized spacial score (nSPS) is 20.2. The van der Waals surface area contributed by atoms with Gasteiger partial charge in [-0.15, -0.1) is 12.4 Å². The highest BCUT2D eigenvalue weighted by atomic mass is 35.5. The van der Waals surface area contributed by atoms with Gasteiger partial charge in [0.25, 0.3) is 0 Å². The number of nitrogens with one attached hydrogen (secondary N) is 2. The molecule has 25 heavy (non-hydrogen) atoms. The molecule has 2 aromatic rings. The predicted octanol–water partition coefficient (Wildman–Crippen LogP) is 1.97. The smallest absolute Gasteiger partial charge is 0.392 e. The summed E-state index contributed by atoms with van der Waals surface area (Å²) in [6.45, 7) is 0.358. The van der Waals surface area contributed by atoms with Gasteiger partial charge in [0.1, 0.15) is 5.69 Å². The van der Waals surface area contributed by atoms with Crippen LogP contribution in [-0.2, 0) is 11.0 Å². The average molecular weight is 377 g/mol. The Kier molecular flexibility index (Phi) is 5.71. The lowest BCUT2D eigenvalue weighted by Crippen LogP contribution is -2.35. The van der Waals surface area contributed by atoms with Crippen molar-refractivity contribution in [3.05, 3.63) is 42.2 Å². The second-order valence-corrected chi connectivity index (χ2v) is 5.51. The molecular weight excluding hydrogens is 361 g/mol. The molecule has 1 aromatic carbocycles. The Morgan fingerprint density at radius 2 is 1.96 bits per heavy atom. The number of halogens is 4. The maximum absolute atomic E-state index is 12.9. The minimum absolute atomic E-state index is 0. The lowest BCUT2D eigenvalue weighted by Gasteiger charge is -2.13. The van der Waals surface area contributed by atoms with Crippen LogP contribution in [-0.4, -0.2) is 39.5 Å². The highest BCUT2D eigenvalue weighted by Gasteiger charge is 2.35. The van der Waals surface area contributed by atoms with Crippen LogP contribution in [0.25, 0.3) is 5.69 Å². The first-order chi connectivity index (χ1) is 11.3. The van der Waals surface area contributed by atoms with Gasteiger partial charge >= 0.3 is 6.18 Å². The molecule has 1 fully saturated rings. The fourth-order valence-electron chi connectivity index (χ4n) is 2.56. The number of anilines is 1. The van der Waals surface area contributed by atoms with Crippen molar-refractivity contribution in [3.63, 3.8) is 0 Å². The molecule has 0 aliphatic carbocycles. The number of rotatable bonds is 3. The first-order valence-electron chi connectivity index (χ1n) is 7.28. The molecule has 0 radical (unpaired) electrons. The summed E-state index contributed by atoms with van der Waals surface area (Å²) in [6.07, 6.45) is -3.65. The van der Waals surface area contributed by atoms with Crippen LogP contribution in [0.4, 0.5) is 18.9 Å². The van der Waals surface area contributed by atoms with Crippen LogP contribution in [0, 0.1) is 0 Å². The van der Waals surface area contributed by atoms with Crippen LogP contribution in [0.1, 0.15) is 12.1 Å². The minimum atomic E-state index is -4.50. The molecule has 6 nitrogen and oxygen atoms in total. The Bertz CT molecular complexity index is 733. The number of hydrogen-bond donors (Lipinski definition) is 3. The first-order valence-corrected chi connectivity index (χ1v) is 7.28. The third-order valence-electron chi connectivity index (χ3n) is 3.74. The van der Waals surface area contributed by atoms with E-state index in [1.165, 1.54) is 24.3 Å². The van der Waals surface area contributed by atoms with E-state index < -0.39 is 24.0 Å². The van der Waals surface area contributed by atoms with Gasteiger partial charge in [0.15, 0.2) is 0 Å². The number of aromatic nitrogens is 2. The molecule has 1 aliphatic heterocycles. The summed E-state index contributed by atoms with van der Waals surface area (Å²) in [5.74, 6) is -0.297. The van der Waals surface area contributed by atoms with Gasteiger partial charge in [0, 0.05) is 12.2 Å². The Balaban J connectivity index is 0.00000225. The molecule has 0 saturated carbocycles. The Hall–Kier alpha value is -2.10. The monoisotopic (exact) mass is 376 g/mol. The Morgan fingerprint density at radius 1 is 1.28 bits per heavy atom. The van der Waals surface area contributed by atoms with Gasteiger partial charge in [-0.3, -0.25) is 4.79 Å². The molecule has 1 amide bonds. The molecule has 0 bridgehead atoms. The molecule has 1 aliphatic rings. The summed E-state index contributed by atoms with van der Waals surface area (Å²) in [6, 6.07) is 6.29. The first kappa shape index (κ1) is 19.2. The summed E-state index contributed by atoms with van der Waals surface area (Å²) < 4.78 is 39.4. The van der Waals surface area contributed by atoms with Crippen molar-refractivity contribution in [2.24, 2.45) is 0 Å². The zero-order valence-corrected chi connectivity index (χ0v) is 13.6. The summed E-state index contributed by atoms with van der Waals surface area (Å²) in [5.41, 5.74) is -0.184. The number of benzene rings is 1. The van der Waals surface area contributed by atoms with Crippen LogP contribution in [0.15, 0.2) is 36.5 Å². The average Bonchev–Trinajstić information content (AvgIpc) is 3.16. The minimum Gasteiger partial charge on any atom is -0.392 e. The van der Waals surface area contributed by atoms with Crippen molar-refractivity contribution in [3.8, 4) is 5.69 Å². The molecule has 136 valence electrons. The number of aliphatic hydroxyl groups excluding tert-OH is 1. The van der Waals surface area contributed by atoms with E-state index in [2.05, 4.69) is 15.7 Å². The van der Waals surface area contributed by atoms with Gasteiger partial charge in [0.05, 0.1) is 24.0 Å². The van der Waals surface area contributed by atoms with E-state index in [9.17, 15) is 23.1 Å². The SMILES string of the molecule is Cl.O=C(Nc1ccc(-n2nccc2C(F)(F)F)cc1)[C@H]1C[C@@H](O)CN1. The highest BCUT2D eigenvalue weighted by Crippen LogP contribution is 2.30. The third kappa shape index (κ3) is 4.30. The fourth-order valence-corrected chi connectivity index (χ4v) is 2.56. The van der Waals surface area contributed by atoms with Crippen molar-refractivity contribution in [2.75, 3.05) is 11.9 Å². The number of hydrogen-bond acceptors (Lipinski definition) is 4. The second kappa shape index (κ2) is 7.42. The van der Waals surface area contributed by atoms with Gasteiger partial charge in [0.2, 0.25) is 5.91 Å². The zero-order valence-electron chi connectivity index (χ0n) is 12.8. The quantitative estimate of drug-likeness (QED) is 0.765. The van der Waals surface area contributed by atoms with Gasteiger partial charge in [-0.05, 0) is 36.8 Å². The molecule has 10 heteroatoms. The van der Waals surface area contributed by atoms with Gasteiger partial charge < -0.3 is 15.7 Å². The van der Waals surface area contributed by atoms with E-state index in [0.29, 0.717) is 18.7 Å². The summed E-state index contributed by atoms with van der Waals surface area (Å²) in [5, 5.41) is 18.6. The molecule has 3 N–H and O–H groups in total. The standard InChI is InChI=1S/C15H15F3N4O2.ClH/c16-15(17,18)13-5-6-20-22(13)10-3-1-9(2-4-10)21-14(24)12-7-11(23)8-19-12;/h1-6,11-12,19,23H,7-8H2,(H,21,24);1H/t11-,12-;/m1./s1. The van der Waals surface area contributed by atoms with E-state index in [0.717, 1.165) is 16.9 Å². The van der Waals surface area contributed by atoms with Crippen molar-refractivity contribution < 1.29 is 23.1 Å². The summed E-state index contributed by atoms with van der Waals surface area (Å²) in [4.78, 5) is 12.0. The zero-order chi connectivity index (χ0) is 17.3. The second-order valence-electron chi connectivity index (χ2n) is 5.51. The van der Waals surface area contributed by atoms with Crippen LogP contribution in [0.2, 0.25) is 0 Å². The van der Waals surface area contributed by atoms with Gasteiger partial charge in [-0.1, -0.05) is 0 Å². The largest absolute Gasteiger partial charge is 0.433 e. The molecule has 0 spiro atoms. The number of alkyl halides is 3. The molecule has 1 saturated heterocycles. The number of β-amino-alcohol motifs (C(OH)–C–C–N with tert-alkyl or cyclic N) is 1. The van der Waals surface area contributed by atoms with Gasteiger partial charge in [-0.2, -0.15) is 18.3 Å². The van der Waals surface area contributed by atoms with Crippen molar-refractivity contribution >= 4 is 24.0 Å². The molecule has 1 aromatic heterocycles. The summed E-state index contributed by atoms with van der Waals surface area (Å²) in [7, 11) is 0. The van der Waals surface area contributed by atoms with Crippen LogP contribution < -0.4 is 10.6 Å². The topological polar surface area (TPSA) is 79.2 Å². The fraction of sp³-hybridized carbons (Fsp3) is 0.333. The number of nitrogens with zero attached hydrogens (tertiary/aromatic N) is 2. The molecule has 2 heterocycles. The number of carbonyl (C=O) groups excluding carboxylic acids is 1. The van der Waals surface area contributed by atoms with Crippen LogP contribution >= 0.6 is 12.4 Å². The van der Waals surface area contributed by atoms with E-state index in [-0.39, 0.29) is 24.0 Å². The van der Waals surface area contributed by atoms with Gasteiger partial charge in [-0.25, -0.2) is 4.68 Å². The van der Waals surface area contributed by atoms with Crippen molar-refractivity contribution in [2.45, 2.75) is 24.7 Å². The van der Waals surface area contributed by atoms with Crippen molar-refractivity contribution in [1.29, 1.82) is 0 Å². The Labute approximate surface area is 147 Å². The maximum atomic E-state index is 12.9. The van der Waals surface area contributed by atoms with Crippen LogP contribution in [0.5, 0.6) is 0 Å². The lowest BCUT2D eigenvalue weighted by atomic mass is 10.2. The third-order valence-corrected chi connectivity index (χ3v) is 3.74. The van der Waals surface area contributed by atoms with Crippen LogP contribution in [0.3, 0.4) is 0 Å². The molecular formula is C15H16ClF3N4O2. The van der Waals surface area contributed by atoms with E-state index >= 15 is 0 Å². The predicted molar refractivity (Wildman–Crippen MR) is 86.9 cm³/mol. The molecule has 0 unspecified atom stereocenters. The number of amides is 1. The Morgan fingerprint density at radius 3 is 2.52 bits per heavy atom.